The van der Waals surface area contributed by atoms with Crippen LogP contribution >= 0.6 is 0 Å². The third-order valence-electron chi connectivity index (χ3n) is 7.16. The lowest BCUT2D eigenvalue weighted by atomic mass is 9.66. The maximum atomic E-state index is 13.4. The van der Waals surface area contributed by atoms with Gasteiger partial charge in [-0.2, -0.15) is 13.2 Å². The van der Waals surface area contributed by atoms with Crippen LogP contribution in [0.25, 0.3) is 0 Å². The molecule has 0 amide bonds. The average Bonchev–Trinajstić information content (AvgIpc) is 3.18. The zero-order valence-corrected chi connectivity index (χ0v) is 18.2. The fourth-order valence-corrected chi connectivity index (χ4v) is 5.57. The minimum atomic E-state index is -4.32. The molecule has 0 unspecified atom stereocenters. The number of hydrogen-bond donors (Lipinski definition) is 1. The summed E-state index contributed by atoms with van der Waals surface area (Å²) in [5.41, 5.74) is 2.27. The molecule has 2 aromatic carbocycles. The van der Waals surface area contributed by atoms with E-state index in [-0.39, 0.29) is 11.0 Å². The first kappa shape index (κ1) is 22.3. The highest BCUT2D eigenvalue weighted by Gasteiger charge is 2.48. The van der Waals surface area contributed by atoms with Crippen molar-refractivity contribution < 1.29 is 17.9 Å². The number of ether oxygens (including phenoxy) is 1. The average molecular weight is 432 g/mol. The molecule has 1 aliphatic carbocycles. The minimum absolute atomic E-state index is 0.164. The highest BCUT2D eigenvalue weighted by atomic mass is 19.4. The van der Waals surface area contributed by atoms with Gasteiger partial charge in [0.25, 0.3) is 0 Å². The van der Waals surface area contributed by atoms with Gasteiger partial charge in [0.15, 0.2) is 0 Å². The Hall–Kier alpha value is -1.85. The van der Waals surface area contributed by atoms with Gasteiger partial charge in [-0.1, -0.05) is 60.9 Å². The number of benzene rings is 2. The van der Waals surface area contributed by atoms with E-state index in [1.807, 2.05) is 6.07 Å². The third-order valence-corrected chi connectivity index (χ3v) is 7.16. The van der Waals surface area contributed by atoms with Crippen molar-refractivity contribution in [3.05, 3.63) is 70.8 Å². The molecular formula is C26H32F3NO. The standard InChI is InChI=1S/C26H32F3NO/c1-20-6-4-7-21(16-20)18-30-14-12-24(13-15-31-25(19-24)10-2-3-11-25)22-8-5-9-23(17-22)26(27,28)29/h4-9,16-17,30H,2-3,10-15,18-19H2,1H3/t24-/m0/s1. The van der Waals surface area contributed by atoms with Crippen LogP contribution in [0.3, 0.4) is 0 Å². The first-order valence-corrected chi connectivity index (χ1v) is 11.4. The molecule has 1 saturated heterocycles. The number of aryl methyl sites for hydroxylation is 1. The Morgan fingerprint density at radius 3 is 2.52 bits per heavy atom. The van der Waals surface area contributed by atoms with Gasteiger partial charge in [0.05, 0.1) is 11.2 Å². The molecule has 4 rings (SSSR count). The summed E-state index contributed by atoms with van der Waals surface area (Å²) in [6, 6.07) is 14.4. The summed E-state index contributed by atoms with van der Waals surface area (Å²) in [5.74, 6) is 0. The van der Waals surface area contributed by atoms with E-state index in [2.05, 4.69) is 36.5 Å². The van der Waals surface area contributed by atoms with Crippen LogP contribution in [-0.2, 0) is 22.9 Å². The number of nitrogens with one attached hydrogen (secondary N) is 1. The van der Waals surface area contributed by atoms with E-state index >= 15 is 0 Å². The van der Waals surface area contributed by atoms with Crippen LogP contribution < -0.4 is 5.32 Å². The van der Waals surface area contributed by atoms with E-state index in [9.17, 15) is 13.2 Å². The van der Waals surface area contributed by atoms with Crippen LogP contribution in [0, 0.1) is 6.92 Å². The van der Waals surface area contributed by atoms with Gasteiger partial charge in [0.1, 0.15) is 0 Å². The molecule has 0 aromatic heterocycles. The van der Waals surface area contributed by atoms with Crippen molar-refractivity contribution >= 4 is 0 Å². The molecule has 1 saturated carbocycles. The molecule has 5 heteroatoms. The molecular weight excluding hydrogens is 399 g/mol. The highest BCUT2D eigenvalue weighted by Crippen LogP contribution is 2.50. The summed E-state index contributed by atoms with van der Waals surface area (Å²) in [6.45, 7) is 4.23. The number of rotatable bonds is 6. The Morgan fingerprint density at radius 2 is 1.77 bits per heavy atom. The Labute approximate surface area is 183 Å². The van der Waals surface area contributed by atoms with Crippen molar-refractivity contribution in [2.24, 2.45) is 0 Å². The summed E-state index contributed by atoms with van der Waals surface area (Å²) in [5, 5.41) is 3.53. The van der Waals surface area contributed by atoms with Crippen LogP contribution in [0.1, 0.15) is 67.2 Å². The summed E-state index contributed by atoms with van der Waals surface area (Å²) in [7, 11) is 0. The van der Waals surface area contributed by atoms with Crippen LogP contribution in [-0.4, -0.2) is 18.8 Å². The largest absolute Gasteiger partial charge is 0.416 e. The second kappa shape index (κ2) is 8.95. The second-order valence-electron chi connectivity index (χ2n) is 9.44. The fourth-order valence-electron chi connectivity index (χ4n) is 5.57. The lowest BCUT2D eigenvalue weighted by molar-refractivity contribution is -0.137. The Morgan fingerprint density at radius 1 is 1.00 bits per heavy atom. The minimum Gasteiger partial charge on any atom is -0.375 e. The highest BCUT2D eigenvalue weighted by molar-refractivity contribution is 5.33. The molecule has 2 fully saturated rings. The monoisotopic (exact) mass is 431 g/mol. The van der Waals surface area contributed by atoms with E-state index in [1.165, 1.54) is 23.3 Å². The third kappa shape index (κ3) is 5.15. The normalized spacial score (nSPS) is 23.4. The van der Waals surface area contributed by atoms with Gasteiger partial charge >= 0.3 is 6.18 Å². The van der Waals surface area contributed by atoms with Crippen molar-refractivity contribution in [1.82, 2.24) is 5.32 Å². The molecule has 0 bridgehead atoms. The molecule has 1 spiro atoms. The topological polar surface area (TPSA) is 21.3 Å². The molecule has 1 N–H and O–H groups in total. The van der Waals surface area contributed by atoms with Gasteiger partial charge in [0.2, 0.25) is 0 Å². The van der Waals surface area contributed by atoms with E-state index < -0.39 is 11.7 Å². The van der Waals surface area contributed by atoms with Gasteiger partial charge in [-0.15, -0.1) is 0 Å². The quantitative estimate of drug-likeness (QED) is 0.523. The first-order chi connectivity index (χ1) is 14.8. The molecule has 2 nitrogen and oxygen atoms in total. The molecule has 168 valence electrons. The summed E-state index contributed by atoms with van der Waals surface area (Å²) in [6.07, 6.45) is 2.39. The van der Waals surface area contributed by atoms with Crippen molar-refractivity contribution in [3.8, 4) is 0 Å². The van der Waals surface area contributed by atoms with E-state index in [1.54, 1.807) is 6.07 Å². The van der Waals surface area contributed by atoms with Crippen LogP contribution in [0.15, 0.2) is 48.5 Å². The van der Waals surface area contributed by atoms with Gasteiger partial charge in [-0.05, 0) is 62.8 Å². The molecule has 2 aliphatic rings. The SMILES string of the molecule is Cc1cccc(CNCC[C@]2(c3cccc(C(F)(F)F)c3)CCOC3(CCCC3)C2)c1. The summed E-state index contributed by atoms with van der Waals surface area (Å²) in [4.78, 5) is 0. The van der Waals surface area contributed by atoms with Crippen molar-refractivity contribution in [2.75, 3.05) is 13.2 Å². The van der Waals surface area contributed by atoms with Crippen molar-refractivity contribution in [1.29, 1.82) is 0 Å². The molecule has 1 atom stereocenters. The molecule has 0 radical (unpaired) electrons. The zero-order valence-electron chi connectivity index (χ0n) is 18.2. The van der Waals surface area contributed by atoms with E-state index in [0.29, 0.717) is 6.61 Å². The number of alkyl halides is 3. The van der Waals surface area contributed by atoms with Crippen molar-refractivity contribution in [2.45, 2.75) is 75.6 Å². The number of hydrogen-bond acceptors (Lipinski definition) is 2. The predicted octanol–water partition coefficient (Wildman–Crippen LogP) is 6.55. The molecule has 1 aliphatic heterocycles. The first-order valence-electron chi connectivity index (χ1n) is 11.4. The molecule has 1 heterocycles. The maximum Gasteiger partial charge on any atom is 0.416 e. The second-order valence-corrected chi connectivity index (χ2v) is 9.44. The zero-order chi connectivity index (χ0) is 22.0. The van der Waals surface area contributed by atoms with Gasteiger partial charge < -0.3 is 10.1 Å². The fraction of sp³-hybridized carbons (Fsp3) is 0.538. The smallest absolute Gasteiger partial charge is 0.375 e. The Kier molecular flexibility index (Phi) is 6.45. The molecule has 2 aromatic rings. The van der Waals surface area contributed by atoms with Crippen LogP contribution in [0.4, 0.5) is 13.2 Å². The lowest BCUT2D eigenvalue weighted by Crippen LogP contribution is -2.47. The summed E-state index contributed by atoms with van der Waals surface area (Å²) < 4.78 is 46.6. The Bertz CT molecular complexity index is 888. The van der Waals surface area contributed by atoms with E-state index in [0.717, 1.165) is 63.6 Å². The van der Waals surface area contributed by atoms with Gasteiger partial charge in [-0.25, -0.2) is 0 Å². The molecule has 31 heavy (non-hydrogen) atoms. The van der Waals surface area contributed by atoms with Gasteiger partial charge in [0, 0.05) is 18.6 Å². The van der Waals surface area contributed by atoms with Crippen LogP contribution in [0.2, 0.25) is 0 Å². The number of halogens is 3. The maximum absolute atomic E-state index is 13.4. The summed E-state index contributed by atoms with van der Waals surface area (Å²) >= 11 is 0. The lowest BCUT2D eigenvalue weighted by Gasteiger charge is -2.47. The van der Waals surface area contributed by atoms with Crippen molar-refractivity contribution in [3.63, 3.8) is 0 Å². The van der Waals surface area contributed by atoms with Gasteiger partial charge in [-0.3, -0.25) is 0 Å². The predicted molar refractivity (Wildman–Crippen MR) is 117 cm³/mol. The van der Waals surface area contributed by atoms with E-state index in [4.69, 9.17) is 4.74 Å². The Balaban J connectivity index is 1.54. The van der Waals surface area contributed by atoms with Crippen LogP contribution in [0.5, 0.6) is 0 Å².